The molecule has 0 spiro atoms. The van der Waals surface area contributed by atoms with Gasteiger partial charge in [-0.2, -0.15) is 9.49 Å². The number of rotatable bonds is 5. The number of carbonyl (C=O) groups is 1. The lowest BCUT2D eigenvalue weighted by Crippen LogP contribution is -2.36. The van der Waals surface area contributed by atoms with Crippen molar-refractivity contribution >= 4 is 16.9 Å². The van der Waals surface area contributed by atoms with Crippen LogP contribution in [0.25, 0.3) is 11.0 Å². The van der Waals surface area contributed by atoms with Crippen LogP contribution >= 0.6 is 0 Å². The Balaban J connectivity index is 1.74. The summed E-state index contributed by atoms with van der Waals surface area (Å²) >= 11 is 0. The summed E-state index contributed by atoms with van der Waals surface area (Å²) in [7, 11) is 1.20. The molecular weight excluding hydrogens is 359 g/mol. The van der Waals surface area contributed by atoms with Crippen LogP contribution in [-0.2, 0) is 7.05 Å². The van der Waals surface area contributed by atoms with Crippen molar-refractivity contribution in [3.63, 3.8) is 0 Å². The molecule has 1 atom stereocenters. The van der Waals surface area contributed by atoms with Gasteiger partial charge < -0.3 is 9.32 Å². The third-order valence-corrected chi connectivity index (χ3v) is 4.87. The summed E-state index contributed by atoms with van der Waals surface area (Å²) in [6.45, 7) is 1.75. The lowest BCUT2D eigenvalue weighted by atomic mass is 10.1. The maximum absolute atomic E-state index is 14.4. The number of aryl methyl sites for hydroxylation is 1. The standard InChI is InChI=1S/C19H18F3N3O2/c1-10(14-9-11-5-3-4-6-13(11)27-14)25(12-7-8-12)19(26)15-16(17(20)21)23-24(2)18(15)22/h3-6,9-10,12,17H,7-8H2,1-2H3. The van der Waals surface area contributed by atoms with Crippen LogP contribution in [0.2, 0.25) is 0 Å². The molecule has 1 amide bonds. The van der Waals surface area contributed by atoms with Gasteiger partial charge in [0, 0.05) is 18.5 Å². The van der Waals surface area contributed by atoms with Crippen molar-refractivity contribution in [3.05, 3.63) is 53.3 Å². The number of nitrogens with zero attached hydrogens (tertiary/aromatic N) is 3. The lowest BCUT2D eigenvalue weighted by Gasteiger charge is -2.28. The molecule has 1 saturated carbocycles. The first-order valence-electron chi connectivity index (χ1n) is 8.70. The minimum Gasteiger partial charge on any atom is -0.459 e. The van der Waals surface area contributed by atoms with Crippen molar-refractivity contribution in [2.24, 2.45) is 7.05 Å². The number of para-hydroxylation sites is 1. The largest absolute Gasteiger partial charge is 0.459 e. The van der Waals surface area contributed by atoms with Gasteiger partial charge in [0.25, 0.3) is 12.3 Å². The highest BCUT2D eigenvalue weighted by Gasteiger charge is 2.41. The Morgan fingerprint density at radius 2 is 2.04 bits per heavy atom. The van der Waals surface area contributed by atoms with E-state index in [0.717, 1.165) is 18.2 Å². The van der Waals surface area contributed by atoms with Crippen molar-refractivity contribution in [1.82, 2.24) is 14.7 Å². The zero-order chi connectivity index (χ0) is 19.3. The number of carbonyl (C=O) groups excluding carboxylic acids is 1. The van der Waals surface area contributed by atoms with Gasteiger partial charge in [0.1, 0.15) is 22.6 Å². The molecule has 2 aromatic heterocycles. The van der Waals surface area contributed by atoms with E-state index in [4.69, 9.17) is 4.42 Å². The molecule has 1 aliphatic rings. The fraction of sp³-hybridized carbons (Fsp3) is 0.368. The van der Waals surface area contributed by atoms with Crippen LogP contribution in [0.5, 0.6) is 0 Å². The van der Waals surface area contributed by atoms with Crippen LogP contribution in [0.1, 0.15) is 54.0 Å². The van der Waals surface area contributed by atoms with Gasteiger partial charge in [-0.3, -0.25) is 4.79 Å². The molecule has 1 unspecified atom stereocenters. The predicted molar refractivity (Wildman–Crippen MR) is 91.9 cm³/mol. The van der Waals surface area contributed by atoms with E-state index in [9.17, 15) is 18.0 Å². The average molecular weight is 377 g/mol. The number of furan rings is 1. The Morgan fingerprint density at radius 3 is 2.67 bits per heavy atom. The van der Waals surface area contributed by atoms with Crippen LogP contribution < -0.4 is 0 Å². The number of hydrogen-bond donors (Lipinski definition) is 0. The number of amides is 1. The maximum Gasteiger partial charge on any atom is 0.283 e. The average Bonchev–Trinajstić information content (AvgIpc) is 3.28. The third-order valence-electron chi connectivity index (χ3n) is 4.87. The lowest BCUT2D eigenvalue weighted by molar-refractivity contribution is 0.0637. The van der Waals surface area contributed by atoms with Crippen LogP contribution in [0.4, 0.5) is 13.2 Å². The highest BCUT2D eigenvalue weighted by atomic mass is 19.3. The number of aromatic nitrogens is 2. The van der Waals surface area contributed by atoms with Crippen LogP contribution in [0, 0.1) is 5.95 Å². The Morgan fingerprint density at radius 1 is 1.33 bits per heavy atom. The van der Waals surface area contributed by atoms with Crippen molar-refractivity contribution in [1.29, 1.82) is 0 Å². The molecule has 5 nitrogen and oxygen atoms in total. The van der Waals surface area contributed by atoms with E-state index in [1.807, 2.05) is 30.3 Å². The smallest absolute Gasteiger partial charge is 0.283 e. The van der Waals surface area contributed by atoms with Crippen molar-refractivity contribution in [2.45, 2.75) is 38.3 Å². The molecule has 3 aromatic rings. The zero-order valence-corrected chi connectivity index (χ0v) is 14.8. The molecule has 0 N–H and O–H groups in total. The second kappa shape index (κ2) is 6.44. The molecule has 2 heterocycles. The Hall–Kier alpha value is -2.77. The van der Waals surface area contributed by atoms with Gasteiger partial charge in [-0.15, -0.1) is 0 Å². The molecule has 4 rings (SSSR count). The van der Waals surface area contributed by atoms with Gasteiger partial charge >= 0.3 is 0 Å². The van der Waals surface area contributed by atoms with Gasteiger partial charge in [-0.25, -0.2) is 13.5 Å². The molecule has 8 heteroatoms. The molecule has 1 aromatic carbocycles. The Labute approximate surface area is 153 Å². The molecule has 0 saturated heterocycles. The molecule has 142 valence electrons. The van der Waals surface area contributed by atoms with E-state index in [0.29, 0.717) is 16.0 Å². The van der Waals surface area contributed by atoms with Gasteiger partial charge in [0.2, 0.25) is 5.95 Å². The van der Waals surface area contributed by atoms with Gasteiger partial charge in [0.05, 0.1) is 6.04 Å². The van der Waals surface area contributed by atoms with E-state index in [1.54, 1.807) is 6.92 Å². The predicted octanol–water partition coefficient (Wildman–Crippen LogP) is 4.61. The number of hydrogen-bond acceptors (Lipinski definition) is 3. The summed E-state index contributed by atoms with van der Waals surface area (Å²) < 4.78 is 47.5. The van der Waals surface area contributed by atoms with E-state index in [2.05, 4.69) is 5.10 Å². The number of halogens is 3. The molecule has 0 bridgehead atoms. The second-order valence-electron chi connectivity index (χ2n) is 6.78. The summed E-state index contributed by atoms with van der Waals surface area (Å²) in [5.41, 5.74) is -0.826. The summed E-state index contributed by atoms with van der Waals surface area (Å²) in [4.78, 5) is 14.5. The van der Waals surface area contributed by atoms with Crippen LogP contribution in [0.15, 0.2) is 34.7 Å². The molecule has 27 heavy (non-hydrogen) atoms. The van der Waals surface area contributed by atoms with Crippen molar-refractivity contribution < 1.29 is 22.4 Å². The van der Waals surface area contributed by atoms with Crippen molar-refractivity contribution in [3.8, 4) is 0 Å². The number of fused-ring (bicyclic) bond motifs is 1. The normalized spacial score (nSPS) is 15.5. The van der Waals surface area contributed by atoms with Gasteiger partial charge in [-0.05, 0) is 31.9 Å². The van der Waals surface area contributed by atoms with E-state index in [-0.39, 0.29) is 6.04 Å². The van der Waals surface area contributed by atoms with E-state index >= 15 is 0 Å². The number of alkyl halides is 2. The monoisotopic (exact) mass is 377 g/mol. The first kappa shape index (κ1) is 17.6. The first-order valence-corrected chi connectivity index (χ1v) is 8.70. The minimum atomic E-state index is -3.04. The summed E-state index contributed by atoms with van der Waals surface area (Å²) in [5, 5.41) is 4.36. The third kappa shape index (κ3) is 2.98. The fourth-order valence-electron chi connectivity index (χ4n) is 3.36. The van der Waals surface area contributed by atoms with E-state index in [1.165, 1.54) is 11.9 Å². The van der Waals surface area contributed by atoms with Crippen LogP contribution in [-0.4, -0.2) is 26.6 Å². The first-order chi connectivity index (χ1) is 12.9. The highest BCUT2D eigenvalue weighted by molar-refractivity contribution is 5.96. The second-order valence-corrected chi connectivity index (χ2v) is 6.78. The molecule has 0 radical (unpaired) electrons. The summed E-state index contributed by atoms with van der Waals surface area (Å²) in [6.07, 6.45) is -1.56. The highest BCUT2D eigenvalue weighted by Crippen LogP contribution is 2.38. The fourth-order valence-corrected chi connectivity index (χ4v) is 3.36. The zero-order valence-electron chi connectivity index (χ0n) is 14.8. The van der Waals surface area contributed by atoms with Crippen molar-refractivity contribution in [2.75, 3.05) is 0 Å². The SMILES string of the molecule is CC(c1cc2ccccc2o1)N(C(=O)c1c(C(F)F)nn(C)c1F)C1CC1. The Kier molecular flexibility index (Phi) is 4.20. The quantitative estimate of drug-likeness (QED) is 0.653. The van der Waals surface area contributed by atoms with Crippen LogP contribution in [0.3, 0.4) is 0 Å². The molecule has 1 aliphatic carbocycles. The summed E-state index contributed by atoms with van der Waals surface area (Å²) in [6, 6.07) is 8.56. The topological polar surface area (TPSA) is 51.3 Å². The number of benzene rings is 1. The van der Waals surface area contributed by atoms with E-state index < -0.39 is 35.6 Å². The molecular formula is C19H18F3N3O2. The molecule has 1 fully saturated rings. The molecule has 0 aliphatic heterocycles. The maximum atomic E-state index is 14.4. The summed E-state index contributed by atoms with van der Waals surface area (Å²) in [5.74, 6) is -1.32. The van der Waals surface area contributed by atoms with Gasteiger partial charge in [0.15, 0.2) is 0 Å². The van der Waals surface area contributed by atoms with Gasteiger partial charge in [-0.1, -0.05) is 18.2 Å². The Bertz CT molecular complexity index is 974. The minimum absolute atomic E-state index is 0.133.